The molecule has 3 heterocycles. The number of hydrogen-bond donors (Lipinski definition) is 0. The van der Waals surface area contributed by atoms with E-state index in [-0.39, 0.29) is 11.2 Å². The first-order chi connectivity index (χ1) is 14.0. The lowest BCUT2D eigenvalue weighted by atomic mass is 10.2. The topological polar surface area (TPSA) is 74.3 Å². The monoisotopic (exact) mass is 389 g/mol. The highest BCUT2D eigenvalue weighted by Crippen LogP contribution is 2.33. The fourth-order valence-corrected chi connectivity index (χ4v) is 3.72. The number of benzene rings is 2. The van der Waals surface area contributed by atoms with Gasteiger partial charge in [-0.15, -0.1) is 0 Å². The Hall–Kier alpha value is -3.81. The molecule has 0 aliphatic carbocycles. The van der Waals surface area contributed by atoms with Crippen molar-refractivity contribution in [3.63, 3.8) is 0 Å². The van der Waals surface area contributed by atoms with Crippen LogP contribution in [0.15, 0.2) is 64.2 Å². The van der Waals surface area contributed by atoms with E-state index in [0.29, 0.717) is 30.2 Å². The van der Waals surface area contributed by atoms with E-state index in [9.17, 15) is 9.59 Å². The lowest BCUT2D eigenvalue weighted by Gasteiger charge is -2.16. The Bertz CT molecular complexity index is 1330. The third-order valence-electron chi connectivity index (χ3n) is 5.24. The van der Waals surface area contributed by atoms with Crippen LogP contribution in [-0.4, -0.2) is 25.2 Å². The number of nitrogens with zero attached hydrogens (tertiary/aromatic N) is 5. The SMILES string of the molecule is Cn1c(=O)c2c(nc3n2CCN3c2ccc(Oc3ccccc3)cc2)n(C)c1=O. The van der Waals surface area contributed by atoms with Gasteiger partial charge in [0.1, 0.15) is 11.5 Å². The maximum Gasteiger partial charge on any atom is 0.332 e. The third kappa shape index (κ3) is 2.64. The largest absolute Gasteiger partial charge is 0.457 e. The molecule has 0 fully saturated rings. The van der Waals surface area contributed by atoms with Crippen LogP contribution in [-0.2, 0) is 20.6 Å². The molecule has 1 aliphatic rings. The first-order valence-corrected chi connectivity index (χ1v) is 9.31. The molecule has 2 aromatic carbocycles. The fourth-order valence-electron chi connectivity index (χ4n) is 3.72. The summed E-state index contributed by atoms with van der Waals surface area (Å²) in [4.78, 5) is 31.5. The number of aryl methyl sites for hydroxylation is 1. The summed E-state index contributed by atoms with van der Waals surface area (Å²) >= 11 is 0. The molecule has 2 aromatic heterocycles. The molecule has 0 spiro atoms. The molecular weight excluding hydrogens is 370 g/mol. The highest BCUT2D eigenvalue weighted by molar-refractivity contribution is 5.77. The van der Waals surface area contributed by atoms with Crippen molar-refractivity contribution in [1.82, 2.24) is 18.7 Å². The number of ether oxygens (including phenoxy) is 1. The minimum Gasteiger partial charge on any atom is -0.457 e. The molecule has 146 valence electrons. The summed E-state index contributed by atoms with van der Waals surface area (Å²) in [6, 6.07) is 17.3. The highest BCUT2D eigenvalue weighted by Gasteiger charge is 2.28. The Morgan fingerprint density at radius 1 is 0.862 bits per heavy atom. The van der Waals surface area contributed by atoms with Crippen molar-refractivity contribution >= 4 is 22.8 Å². The van der Waals surface area contributed by atoms with Crippen molar-refractivity contribution in [3.8, 4) is 11.5 Å². The number of aromatic nitrogens is 4. The molecule has 5 rings (SSSR count). The van der Waals surface area contributed by atoms with Crippen LogP contribution in [0.2, 0.25) is 0 Å². The summed E-state index contributed by atoms with van der Waals surface area (Å²) in [7, 11) is 3.12. The van der Waals surface area contributed by atoms with Gasteiger partial charge in [-0.3, -0.25) is 13.9 Å². The van der Waals surface area contributed by atoms with E-state index >= 15 is 0 Å². The van der Waals surface area contributed by atoms with Crippen molar-refractivity contribution in [3.05, 3.63) is 75.4 Å². The van der Waals surface area contributed by atoms with Crippen LogP contribution < -0.4 is 20.9 Å². The number of anilines is 2. The summed E-state index contributed by atoms with van der Waals surface area (Å²) < 4.78 is 10.3. The van der Waals surface area contributed by atoms with Gasteiger partial charge in [-0.25, -0.2) is 4.79 Å². The quantitative estimate of drug-likeness (QED) is 0.538. The number of fused-ring (bicyclic) bond motifs is 3. The second-order valence-corrected chi connectivity index (χ2v) is 7.00. The van der Waals surface area contributed by atoms with Crippen molar-refractivity contribution < 1.29 is 4.74 Å². The van der Waals surface area contributed by atoms with Crippen LogP contribution in [0.1, 0.15) is 0 Å². The van der Waals surface area contributed by atoms with Crippen molar-refractivity contribution in [2.75, 3.05) is 11.4 Å². The van der Waals surface area contributed by atoms with E-state index in [0.717, 1.165) is 21.8 Å². The predicted molar refractivity (Wildman–Crippen MR) is 110 cm³/mol. The number of rotatable bonds is 3. The lowest BCUT2D eigenvalue weighted by molar-refractivity contribution is 0.482. The zero-order valence-electron chi connectivity index (χ0n) is 16.1. The molecule has 0 radical (unpaired) electrons. The van der Waals surface area contributed by atoms with Gasteiger partial charge in [0.25, 0.3) is 5.56 Å². The average Bonchev–Trinajstić information content (AvgIpc) is 3.32. The van der Waals surface area contributed by atoms with Gasteiger partial charge >= 0.3 is 5.69 Å². The van der Waals surface area contributed by atoms with E-state index in [1.165, 1.54) is 11.6 Å². The van der Waals surface area contributed by atoms with Crippen LogP contribution in [0.5, 0.6) is 11.5 Å². The zero-order chi connectivity index (χ0) is 20.1. The second kappa shape index (κ2) is 6.37. The Morgan fingerprint density at radius 2 is 1.55 bits per heavy atom. The van der Waals surface area contributed by atoms with Gasteiger partial charge in [-0.05, 0) is 36.4 Å². The van der Waals surface area contributed by atoms with Crippen LogP contribution in [0.3, 0.4) is 0 Å². The van der Waals surface area contributed by atoms with Gasteiger partial charge in [-0.2, -0.15) is 4.98 Å². The summed E-state index contributed by atoms with van der Waals surface area (Å²) in [5, 5.41) is 0. The molecule has 0 amide bonds. The Kier molecular flexibility index (Phi) is 3.80. The maximum absolute atomic E-state index is 12.6. The molecule has 0 saturated carbocycles. The molecule has 0 N–H and O–H groups in total. The molecule has 0 unspecified atom stereocenters. The summed E-state index contributed by atoms with van der Waals surface area (Å²) in [5.74, 6) is 2.18. The first kappa shape index (κ1) is 17.3. The molecule has 0 bridgehead atoms. The van der Waals surface area contributed by atoms with E-state index in [1.807, 2.05) is 64.1 Å². The number of imidazole rings is 1. The molecule has 29 heavy (non-hydrogen) atoms. The smallest absolute Gasteiger partial charge is 0.332 e. The van der Waals surface area contributed by atoms with Gasteiger partial charge in [-0.1, -0.05) is 18.2 Å². The molecule has 4 aromatic rings. The predicted octanol–water partition coefficient (Wildman–Crippen LogP) is 2.38. The molecular formula is C21H19N5O3. The molecule has 0 atom stereocenters. The van der Waals surface area contributed by atoms with Gasteiger partial charge in [0.15, 0.2) is 11.2 Å². The molecule has 8 heteroatoms. The molecule has 8 nitrogen and oxygen atoms in total. The molecule has 1 aliphatic heterocycles. The number of hydrogen-bond acceptors (Lipinski definition) is 5. The molecule has 0 saturated heterocycles. The summed E-state index contributed by atoms with van der Waals surface area (Å²) in [6.45, 7) is 1.32. The number of para-hydroxylation sites is 1. The summed E-state index contributed by atoms with van der Waals surface area (Å²) in [5.41, 5.74) is 1.10. The van der Waals surface area contributed by atoms with E-state index in [1.54, 1.807) is 7.05 Å². The minimum absolute atomic E-state index is 0.324. The van der Waals surface area contributed by atoms with E-state index in [4.69, 9.17) is 4.74 Å². The van der Waals surface area contributed by atoms with Crippen LogP contribution in [0.4, 0.5) is 11.6 Å². The van der Waals surface area contributed by atoms with E-state index < -0.39 is 0 Å². The van der Waals surface area contributed by atoms with Gasteiger partial charge in [0.05, 0.1) is 0 Å². The van der Waals surface area contributed by atoms with Crippen molar-refractivity contribution in [1.29, 1.82) is 0 Å². The van der Waals surface area contributed by atoms with E-state index in [2.05, 4.69) is 4.98 Å². The fraction of sp³-hybridized carbons (Fsp3) is 0.190. The lowest BCUT2D eigenvalue weighted by Crippen LogP contribution is -2.37. The van der Waals surface area contributed by atoms with Crippen LogP contribution >= 0.6 is 0 Å². The average molecular weight is 389 g/mol. The standard InChI is InChI=1S/C21H19N5O3/c1-23-18-17(19(27)24(2)21(23)28)26-13-12-25(20(26)22-18)14-8-10-16(11-9-14)29-15-6-4-3-5-7-15/h3-11H,12-13H2,1-2H3. The Balaban J connectivity index is 1.52. The summed E-state index contributed by atoms with van der Waals surface area (Å²) in [6.07, 6.45) is 0. The third-order valence-corrected chi connectivity index (χ3v) is 5.24. The van der Waals surface area contributed by atoms with Crippen LogP contribution in [0.25, 0.3) is 11.2 Å². The van der Waals surface area contributed by atoms with Gasteiger partial charge in [0, 0.05) is 32.9 Å². The Morgan fingerprint density at radius 3 is 2.28 bits per heavy atom. The minimum atomic E-state index is -0.381. The van der Waals surface area contributed by atoms with Crippen molar-refractivity contribution in [2.45, 2.75) is 6.54 Å². The van der Waals surface area contributed by atoms with Crippen molar-refractivity contribution in [2.24, 2.45) is 14.1 Å². The van der Waals surface area contributed by atoms with Crippen LogP contribution in [0, 0.1) is 0 Å². The van der Waals surface area contributed by atoms with Gasteiger partial charge < -0.3 is 14.2 Å². The maximum atomic E-state index is 12.6. The highest BCUT2D eigenvalue weighted by atomic mass is 16.5. The Labute approximate surface area is 165 Å². The second-order valence-electron chi connectivity index (χ2n) is 7.00. The zero-order valence-corrected chi connectivity index (χ0v) is 16.1. The van der Waals surface area contributed by atoms with Gasteiger partial charge in [0.2, 0.25) is 5.95 Å². The first-order valence-electron chi connectivity index (χ1n) is 9.31. The normalized spacial score (nSPS) is 13.1.